The molecule has 120 valence electrons. The van der Waals surface area contributed by atoms with E-state index in [1.54, 1.807) is 30.5 Å². The third kappa shape index (κ3) is 3.30. The fourth-order valence-corrected chi connectivity index (χ4v) is 3.37. The first-order valence-electron chi connectivity index (χ1n) is 7.25. The van der Waals surface area contributed by atoms with Gasteiger partial charge in [-0.2, -0.15) is 0 Å². The maximum Gasteiger partial charge on any atom is 0.125 e. The van der Waals surface area contributed by atoms with Crippen molar-refractivity contribution in [3.05, 3.63) is 77.9 Å². The van der Waals surface area contributed by atoms with Gasteiger partial charge in [0, 0.05) is 11.8 Å². The molecule has 24 heavy (non-hydrogen) atoms. The van der Waals surface area contributed by atoms with E-state index in [1.807, 2.05) is 29.8 Å². The topological polar surface area (TPSA) is 25.8 Å². The van der Waals surface area contributed by atoms with E-state index in [2.05, 4.69) is 22.6 Å². The van der Waals surface area contributed by atoms with Crippen LogP contribution in [0.5, 0.6) is 0 Å². The average molecular weight is 357 g/mol. The monoisotopic (exact) mass is 356 g/mol. The van der Waals surface area contributed by atoms with Crippen LogP contribution >= 0.6 is 22.9 Å². The van der Waals surface area contributed by atoms with Crippen LogP contribution in [0.1, 0.15) is 12.6 Å². The number of allylic oxidation sites excluding steroid dienone is 4. The standard InChI is InChI=1S/C19H14ClFN2S/c1-3-16(21)12(2)9-15(20)19-14(5-4-8-22-19)13-6-7-17-18(10-13)24-11-23-17/h3-11H,1H2,2H3/b15-9-,16-12+. The van der Waals surface area contributed by atoms with Crippen LogP contribution in [0.2, 0.25) is 0 Å². The first-order valence-corrected chi connectivity index (χ1v) is 8.51. The molecule has 0 aliphatic carbocycles. The summed E-state index contributed by atoms with van der Waals surface area (Å²) in [6.07, 6.45) is 4.39. The molecule has 0 spiro atoms. The maximum atomic E-state index is 13.6. The van der Waals surface area contributed by atoms with E-state index in [-0.39, 0.29) is 0 Å². The molecular weight excluding hydrogens is 343 g/mol. The van der Waals surface area contributed by atoms with Gasteiger partial charge < -0.3 is 0 Å². The van der Waals surface area contributed by atoms with Crippen molar-refractivity contribution in [1.29, 1.82) is 0 Å². The number of hydrogen-bond acceptors (Lipinski definition) is 3. The molecule has 3 aromatic rings. The highest BCUT2D eigenvalue weighted by molar-refractivity contribution is 7.16. The number of nitrogens with zero attached hydrogens (tertiary/aromatic N) is 2. The lowest BCUT2D eigenvalue weighted by Gasteiger charge is -2.08. The number of rotatable bonds is 4. The average Bonchev–Trinajstić information content (AvgIpc) is 3.08. The fraction of sp³-hybridized carbons (Fsp3) is 0.0526. The van der Waals surface area contributed by atoms with Crippen LogP contribution in [-0.4, -0.2) is 9.97 Å². The van der Waals surface area contributed by atoms with E-state index in [9.17, 15) is 4.39 Å². The predicted octanol–water partition coefficient (Wildman–Crippen LogP) is 6.37. The van der Waals surface area contributed by atoms with Crippen LogP contribution in [0, 0.1) is 0 Å². The summed E-state index contributed by atoms with van der Waals surface area (Å²) in [5, 5.41) is 0.379. The van der Waals surface area contributed by atoms with Gasteiger partial charge in [-0.3, -0.25) is 4.98 Å². The number of thiazole rings is 1. The molecular formula is C19H14ClFN2S. The van der Waals surface area contributed by atoms with Gasteiger partial charge in [0.2, 0.25) is 0 Å². The Hall–Kier alpha value is -2.30. The van der Waals surface area contributed by atoms with E-state index < -0.39 is 5.83 Å². The summed E-state index contributed by atoms with van der Waals surface area (Å²) in [7, 11) is 0. The van der Waals surface area contributed by atoms with Gasteiger partial charge >= 0.3 is 0 Å². The number of fused-ring (bicyclic) bond motifs is 1. The zero-order chi connectivity index (χ0) is 17.1. The fourth-order valence-electron chi connectivity index (χ4n) is 2.34. The van der Waals surface area contributed by atoms with Gasteiger partial charge in [0.1, 0.15) is 5.83 Å². The second-order valence-corrected chi connectivity index (χ2v) is 6.46. The molecule has 0 unspecified atom stereocenters. The van der Waals surface area contributed by atoms with Crippen LogP contribution in [0.3, 0.4) is 0 Å². The summed E-state index contributed by atoms with van der Waals surface area (Å²) >= 11 is 7.99. The molecule has 5 heteroatoms. The smallest absolute Gasteiger partial charge is 0.125 e. The van der Waals surface area contributed by atoms with Gasteiger partial charge in [-0.05, 0) is 48.4 Å². The summed E-state index contributed by atoms with van der Waals surface area (Å²) in [6.45, 7) is 5.07. The van der Waals surface area contributed by atoms with Gasteiger partial charge in [-0.15, -0.1) is 11.3 Å². The Balaban J connectivity index is 2.11. The molecule has 0 saturated carbocycles. The summed E-state index contributed by atoms with van der Waals surface area (Å²) < 4.78 is 14.7. The van der Waals surface area contributed by atoms with Gasteiger partial charge in [0.05, 0.1) is 26.5 Å². The molecule has 0 N–H and O–H groups in total. The van der Waals surface area contributed by atoms with E-state index >= 15 is 0 Å². The minimum atomic E-state index is -0.406. The van der Waals surface area contributed by atoms with Gasteiger partial charge in [0.25, 0.3) is 0 Å². The molecule has 2 nitrogen and oxygen atoms in total. The van der Waals surface area contributed by atoms with E-state index in [4.69, 9.17) is 11.6 Å². The van der Waals surface area contributed by atoms with Gasteiger partial charge in [-0.25, -0.2) is 9.37 Å². The highest BCUT2D eigenvalue weighted by atomic mass is 35.5. The van der Waals surface area contributed by atoms with E-state index in [1.165, 1.54) is 0 Å². The van der Waals surface area contributed by atoms with Crippen LogP contribution in [0.25, 0.3) is 26.4 Å². The first kappa shape index (κ1) is 16.6. The molecule has 0 aliphatic rings. The number of benzene rings is 1. The second kappa shape index (κ2) is 7.07. The zero-order valence-electron chi connectivity index (χ0n) is 13.0. The Kier molecular flexibility index (Phi) is 4.88. The van der Waals surface area contributed by atoms with Crippen molar-refractivity contribution < 1.29 is 4.39 Å². The molecule has 0 bridgehead atoms. The first-order chi connectivity index (χ1) is 11.6. The van der Waals surface area contributed by atoms with Crippen molar-refractivity contribution in [3.63, 3.8) is 0 Å². The van der Waals surface area contributed by atoms with Crippen molar-refractivity contribution in [2.24, 2.45) is 0 Å². The van der Waals surface area contributed by atoms with Crippen molar-refractivity contribution in [3.8, 4) is 11.1 Å². The number of pyridine rings is 1. The van der Waals surface area contributed by atoms with E-state index in [0.717, 1.165) is 27.4 Å². The van der Waals surface area contributed by atoms with Crippen molar-refractivity contribution in [1.82, 2.24) is 9.97 Å². The van der Waals surface area contributed by atoms with Crippen LogP contribution in [-0.2, 0) is 0 Å². The molecule has 2 heterocycles. The largest absolute Gasteiger partial charge is 0.255 e. The maximum absolute atomic E-state index is 13.6. The minimum absolute atomic E-state index is 0.379. The highest BCUT2D eigenvalue weighted by Gasteiger charge is 2.11. The Morgan fingerprint density at radius 3 is 2.92 bits per heavy atom. The van der Waals surface area contributed by atoms with Gasteiger partial charge in [0.15, 0.2) is 0 Å². The molecule has 0 saturated heterocycles. The van der Waals surface area contributed by atoms with Crippen molar-refractivity contribution in [2.75, 3.05) is 0 Å². The molecule has 2 aromatic heterocycles. The van der Waals surface area contributed by atoms with Crippen LogP contribution in [0.15, 0.2) is 72.2 Å². The molecule has 0 fully saturated rings. The Morgan fingerprint density at radius 1 is 1.29 bits per heavy atom. The number of hydrogen-bond donors (Lipinski definition) is 0. The minimum Gasteiger partial charge on any atom is -0.255 e. The molecule has 0 radical (unpaired) electrons. The zero-order valence-corrected chi connectivity index (χ0v) is 14.5. The Morgan fingerprint density at radius 2 is 2.12 bits per heavy atom. The molecule has 3 rings (SSSR count). The van der Waals surface area contributed by atoms with Gasteiger partial charge in [-0.1, -0.05) is 30.3 Å². The summed E-state index contributed by atoms with van der Waals surface area (Å²) in [5.74, 6) is -0.406. The van der Waals surface area contributed by atoms with Crippen LogP contribution < -0.4 is 0 Å². The highest BCUT2D eigenvalue weighted by Crippen LogP contribution is 2.32. The summed E-state index contributed by atoms with van der Waals surface area (Å²) in [6, 6.07) is 9.82. The normalized spacial score (nSPS) is 13.0. The summed E-state index contributed by atoms with van der Waals surface area (Å²) in [5.41, 5.74) is 5.68. The number of aromatic nitrogens is 2. The third-order valence-corrected chi connectivity index (χ3v) is 4.66. The lowest BCUT2D eigenvalue weighted by atomic mass is 10.0. The SMILES string of the molecule is C=C/C(F)=C(C)\C=C(/Cl)c1ncccc1-c1ccc2ncsc2c1. The predicted molar refractivity (Wildman–Crippen MR) is 101 cm³/mol. The van der Waals surface area contributed by atoms with Crippen molar-refractivity contribution >= 4 is 38.2 Å². The lowest BCUT2D eigenvalue weighted by Crippen LogP contribution is -1.91. The molecule has 1 aromatic carbocycles. The Bertz CT molecular complexity index is 972. The third-order valence-electron chi connectivity index (χ3n) is 3.58. The molecule has 0 atom stereocenters. The molecule has 0 amide bonds. The lowest BCUT2D eigenvalue weighted by molar-refractivity contribution is 0.659. The van der Waals surface area contributed by atoms with Crippen LogP contribution in [0.4, 0.5) is 4.39 Å². The second-order valence-electron chi connectivity index (χ2n) is 5.16. The Labute approximate surface area is 148 Å². The summed E-state index contributed by atoms with van der Waals surface area (Å²) in [4.78, 5) is 8.67. The quantitative estimate of drug-likeness (QED) is 0.508. The molecule has 0 aliphatic heterocycles. The van der Waals surface area contributed by atoms with Crippen molar-refractivity contribution in [2.45, 2.75) is 6.92 Å². The van der Waals surface area contributed by atoms with E-state index in [0.29, 0.717) is 16.3 Å². The number of halogens is 2.